The molecule has 112 valence electrons. The highest BCUT2D eigenvalue weighted by Gasteiger charge is 2.29. The molecule has 0 bridgehead atoms. The predicted octanol–water partition coefficient (Wildman–Crippen LogP) is 1.51. The van der Waals surface area contributed by atoms with Crippen molar-refractivity contribution in [2.45, 2.75) is 63.9 Å². The maximum Gasteiger partial charge on any atom is 0.226 e. The summed E-state index contributed by atoms with van der Waals surface area (Å²) in [5.74, 6) is 1.16. The van der Waals surface area contributed by atoms with E-state index in [9.17, 15) is 9.90 Å². The molecule has 1 amide bonds. The standard InChI is InChI=1S/C14H23N3O3/c1-11-16-13(20-17-11)7-5-6-12(18)15-10-14(19)8-3-2-4-9-14/h19H,2-10H2,1H3,(H,15,18). The lowest BCUT2D eigenvalue weighted by atomic mass is 9.85. The van der Waals surface area contributed by atoms with Crippen molar-refractivity contribution in [1.29, 1.82) is 0 Å². The lowest BCUT2D eigenvalue weighted by Gasteiger charge is -2.32. The lowest BCUT2D eigenvalue weighted by Crippen LogP contribution is -2.44. The molecule has 2 N–H and O–H groups in total. The van der Waals surface area contributed by atoms with Gasteiger partial charge in [-0.3, -0.25) is 4.79 Å². The van der Waals surface area contributed by atoms with Crippen LogP contribution < -0.4 is 5.32 Å². The zero-order valence-electron chi connectivity index (χ0n) is 12.0. The number of hydrogen-bond donors (Lipinski definition) is 2. The maximum absolute atomic E-state index is 11.7. The molecule has 0 unspecified atom stereocenters. The van der Waals surface area contributed by atoms with E-state index in [0.717, 1.165) is 25.7 Å². The Hall–Kier alpha value is -1.43. The van der Waals surface area contributed by atoms with Crippen molar-refractivity contribution in [3.8, 4) is 0 Å². The Balaban J connectivity index is 1.62. The topological polar surface area (TPSA) is 88.2 Å². The molecule has 0 radical (unpaired) electrons. The SMILES string of the molecule is Cc1noc(CCCC(=O)NCC2(O)CCCCC2)n1. The minimum atomic E-state index is -0.697. The molecule has 0 spiro atoms. The van der Waals surface area contributed by atoms with Gasteiger partial charge in [0.1, 0.15) is 0 Å². The molecule has 0 atom stereocenters. The zero-order chi connectivity index (χ0) is 14.4. The van der Waals surface area contributed by atoms with Crippen LogP contribution >= 0.6 is 0 Å². The molecular weight excluding hydrogens is 258 g/mol. The summed E-state index contributed by atoms with van der Waals surface area (Å²) in [5, 5.41) is 16.8. The summed E-state index contributed by atoms with van der Waals surface area (Å²) in [7, 11) is 0. The Bertz CT molecular complexity index is 439. The third-order valence-electron chi connectivity index (χ3n) is 3.76. The molecule has 1 fully saturated rings. The van der Waals surface area contributed by atoms with Gasteiger partial charge in [0.2, 0.25) is 11.8 Å². The normalized spacial score (nSPS) is 17.9. The number of nitrogens with one attached hydrogen (secondary N) is 1. The van der Waals surface area contributed by atoms with Crippen LogP contribution in [0.2, 0.25) is 0 Å². The highest BCUT2D eigenvalue weighted by atomic mass is 16.5. The molecule has 1 heterocycles. The largest absolute Gasteiger partial charge is 0.388 e. The summed E-state index contributed by atoms with van der Waals surface area (Å²) in [4.78, 5) is 15.8. The number of carbonyl (C=O) groups is 1. The number of amides is 1. The Morgan fingerprint density at radius 1 is 1.40 bits per heavy atom. The van der Waals surface area contributed by atoms with Gasteiger partial charge in [-0.2, -0.15) is 4.98 Å². The van der Waals surface area contributed by atoms with Crippen molar-refractivity contribution in [3.05, 3.63) is 11.7 Å². The van der Waals surface area contributed by atoms with E-state index in [1.54, 1.807) is 6.92 Å². The fourth-order valence-corrected chi connectivity index (χ4v) is 2.58. The Labute approximate surface area is 118 Å². The van der Waals surface area contributed by atoms with Crippen LogP contribution in [0.4, 0.5) is 0 Å². The fraction of sp³-hybridized carbons (Fsp3) is 0.786. The van der Waals surface area contributed by atoms with Crippen molar-refractivity contribution < 1.29 is 14.4 Å². The smallest absolute Gasteiger partial charge is 0.226 e. The summed E-state index contributed by atoms with van der Waals surface area (Å²) < 4.78 is 4.98. The van der Waals surface area contributed by atoms with Gasteiger partial charge >= 0.3 is 0 Å². The van der Waals surface area contributed by atoms with Crippen LogP contribution in [0.1, 0.15) is 56.7 Å². The first-order chi connectivity index (χ1) is 9.57. The van der Waals surface area contributed by atoms with Gasteiger partial charge in [-0.15, -0.1) is 0 Å². The highest BCUT2D eigenvalue weighted by Crippen LogP contribution is 2.27. The van der Waals surface area contributed by atoms with Gasteiger partial charge in [0, 0.05) is 19.4 Å². The van der Waals surface area contributed by atoms with E-state index in [4.69, 9.17) is 4.52 Å². The summed E-state index contributed by atoms with van der Waals surface area (Å²) >= 11 is 0. The van der Waals surface area contributed by atoms with Crippen LogP contribution in [-0.2, 0) is 11.2 Å². The van der Waals surface area contributed by atoms with Crippen LogP contribution in [0, 0.1) is 6.92 Å². The fourth-order valence-electron chi connectivity index (χ4n) is 2.58. The Morgan fingerprint density at radius 2 is 2.15 bits per heavy atom. The number of hydrogen-bond acceptors (Lipinski definition) is 5. The first-order valence-corrected chi connectivity index (χ1v) is 7.36. The van der Waals surface area contributed by atoms with Crippen molar-refractivity contribution in [3.63, 3.8) is 0 Å². The monoisotopic (exact) mass is 281 g/mol. The van der Waals surface area contributed by atoms with Gasteiger partial charge in [0.05, 0.1) is 5.60 Å². The Kier molecular flexibility index (Phi) is 5.11. The van der Waals surface area contributed by atoms with Crippen molar-refractivity contribution in [1.82, 2.24) is 15.5 Å². The van der Waals surface area contributed by atoms with Gasteiger partial charge in [0.15, 0.2) is 5.82 Å². The third-order valence-corrected chi connectivity index (χ3v) is 3.76. The molecule has 1 aliphatic rings. The predicted molar refractivity (Wildman–Crippen MR) is 73.0 cm³/mol. The molecule has 1 aromatic heterocycles. The van der Waals surface area contributed by atoms with Crippen molar-refractivity contribution >= 4 is 5.91 Å². The number of aryl methyl sites for hydroxylation is 2. The summed E-state index contributed by atoms with van der Waals surface area (Å²) in [6.07, 6.45) is 6.54. The van der Waals surface area contributed by atoms with E-state index in [2.05, 4.69) is 15.5 Å². The average molecular weight is 281 g/mol. The van der Waals surface area contributed by atoms with Crippen LogP contribution in [0.15, 0.2) is 4.52 Å². The molecule has 0 aromatic carbocycles. The quantitative estimate of drug-likeness (QED) is 0.825. The van der Waals surface area contributed by atoms with Gasteiger partial charge in [-0.25, -0.2) is 0 Å². The number of aliphatic hydroxyl groups is 1. The van der Waals surface area contributed by atoms with Crippen molar-refractivity contribution in [2.24, 2.45) is 0 Å². The molecule has 1 aromatic rings. The van der Waals surface area contributed by atoms with Crippen LogP contribution in [-0.4, -0.2) is 33.3 Å². The molecule has 6 nitrogen and oxygen atoms in total. The second-order valence-electron chi connectivity index (χ2n) is 5.65. The molecule has 0 aliphatic heterocycles. The van der Waals surface area contributed by atoms with E-state index in [0.29, 0.717) is 37.5 Å². The average Bonchev–Trinajstić information content (AvgIpc) is 2.83. The second kappa shape index (κ2) is 6.83. The van der Waals surface area contributed by atoms with E-state index >= 15 is 0 Å². The summed E-state index contributed by atoms with van der Waals surface area (Å²) in [6, 6.07) is 0. The number of carbonyl (C=O) groups excluding carboxylic acids is 1. The van der Waals surface area contributed by atoms with Gasteiger partial charge in [-0.1, -0.05) is 24.4 Å². The van der Waals surface area contributed by atoms with Gasteiger partial charge in [0.25, 0.3) is 0 Å². The number of nitrogens with zero attached hydrogens (tertiary/aromatic N) is 2. The highest BCUT2D eigenvalue weighted by molar-refractivity contribution is 5.75. The maximum atomic E-state index is 11.7. The molecule has 6 heteroatoms. The summed E-state index contributed by atoms with van der Waals surface area (Å²) in [5.41, 5.74) is -0.697. The lowest BCUT2D eigenvalue weighted by molar-refractivity contribution is -0.122. The first kappa shape index (κ1) is 15.0. The zero-order valence-corrected chi connectivity index (χ0v) is 12.0. The van der Waals surface area contributed by atoms with Crippen LogP contribution in [0.5, 0.6) is 0 Å². The molecule has 1 aliphatic carbocycles. The first-order valence-electron chi connectivity index (χ1n) is 7.36. The minimum absolute atomic E-state index is 0.0276. The Morgan fingerprint density at radius 3 is 2.80 bits per heavy atom. The number of rotatable bonds is 6. The summed E-state index contributed by atoms with van der Waals surface area (Å²) in [6.45, 7) is 2.13. The van der Waals surface area contributed by atoms with E-state index in [1.165, 1.54) is 6.42 Å². The third kappa shape index (κ3) is 4.59. The molecule has 2 rings (SSSR count). The van der Waals surface area contributed by atoms with Gasteiger partial charge in [-0.05, 0) is 26.2 Å². The molecule has 1 saturated carbocycles. The van der Waals surface area contributed by atoms with Crippen molar-refractivity contribution in [2.75, 3.05) is 6.54 Å². The van der Waals surface area contributed by atoms with E-state index in [1.807, 2.05) is 0 Å². The molecular formula is C14H23N3O3. The van der Waals surface area contributed by atoms with E-state index < -0.39 is 5.60 Å². The van der Waals surface area contributed by atoms with Crippen LogP contribution in [0.3, 0.4) is 0 Å². The van der Waals surface area contributed by atoms with Gasteiger partial charge < -0.3 is 14.9 Å². The van der Waals surface area contributed by atoms with E-state index in [-0.39, 0.29) is 5.91 Å². The van der Waals surface area contributed by atoms with Crippen LogP contribution in [0.25, 0.3) is 0 Å². The molecule has 20 heavy (non-hydrogen) atoms. The molecule has 0 saturated heterocycles. The second-order valence-corrected chi connectivity index (χ2v) is 5.65. The minimum Gasteiger partial charge on any atom is -0.388 e. The number of aromatic nitrogens is 2.